The average molecular weight is 902 g/mol. The number of cyclic esters (lactones) is 1. The van der Waals surface area contributed by atoms with Crippen LogP contribution in [0.2, 0.25) is 0 Å². The molecule has 0 aromatic carbocycles. The number of rotatable bonds is 10. The molecule has 5 unspecified atom stereocenters. The van der Waals surface area contributed by atoms with Gasteiger partial charge >= 0.3 is 17.9 Å². The summed E-state index contributed by atoms with van der Waals surface area (Å²) < 4.78 is 56.1. The van der Waals surface area contributed by atoms with E-state index < -0.39 is 78.6 Å². The number of nitrogens with zero attached hydrogens (tertiary/aromatic N) is 1. The fourth-order valence-electron chi connectivity index (χ4n) is 14.5. The zero-order valence-electron chi connectivity index (χ0n) is 39.2. The lowest BCUT2D eigenvalue weighted by molar-refractivity contribution is -0.329. The number of esters is 3. The summed E-state index contributed by atoms with van der Waals surface area (Å²) in [7, 11) is 0. The smallest absolute Gasteiger partial charge is 0.331 e. The number of ether oxygens (including phenoxy) is 9. The van der Waals surface area contributed by atoms with E-state index in [1.54, 1.807) is 6.08 Å². The number of aliphatic hydroxyl groups is 2. The molecule has 0 amide bonds. The van der Waals surface area contributed by atoms with Crippen LogP contribution in [-0.2, 0) is 57.0 Å². The van der Waals surface area contributed by atoms with Crippen LogP contribution in [0.4, 0.5) is 0 Å². The van der Waals surface area contributed by atoms with E-state index in [1.165, 1.54) is 33.1 Å². The lowest BCUT2D eigenvalue weighted by atomic mass is 9.42. The first-order chi connectivity index (χ1) is 30.4. The van der Waals surface area contributed by atoms with Crippen molar-refractivity contribution in [3.8, 4) is 0 Å². The van der Waals surface area contributed by atoms with E-state index in [1.807, 2.05) is 13.8 Å². The minimum atomic E-state index is -1.05. The molecule has 5 saturated carbocycles. The second kappa shape index (κ2) is 18.4. The van der Waals surface area contributed by atoms with Crippen LogP contribution in [0.25, 0.3) is 0 Å². The van der Waals surface area contributed by atoms with E-state index in [2.05, 4.69) is 25.7 Å². The van der Waals surface area contributed by atoms with Crippen LogP contribution in [0.15, 0.2) is 11.6 Å². The van der Waals surface area contributed by atoms with Crippen LogP contribution >= 0.6 is 0 Å². The Labute approximate surface area is 378 Å². The van der Waals surface area contributed by atoms with Gasteiger partial charge in [-0.2, -0.15) is 0 Å². The Hall–Kier alpha value is -2.21. The monoisotopic (exact) mass is 902 g/mol. The van der Waals surface area contributed by atoms with Crippen LogP contribution in [-0.4, -0.2) is 138 Å². The molecular formula is C49H75NO14. The van der Waals surface area contributed by atoms with Gasteiger partial charge in [-0.15, -0.1) is 0 Å². The minimum absolute atomic E-state index is 0.00962. The van der Waals surface area contributed by atoms with Crippen molar-refractivity contribution in [2.24, 2.45) is 34.5 Å². The lowest BCUT2D eigenvalue weighted by Gasteiger charge is -2.65. The molecule has 0 radical (unpaired) electrons. The molecule has 0 bridgehead atoms. The Bertz CT molecular complexity index is 1750. The van der Waals surface area contributed by atoms with Gasteiger partial charge in [-0.05, 0) is 120 Å². The molecule has 8 fully saturated rings. The third-order valence-electron chi connectivity index (χ3n) is 18.0. The Morgan fingerprint density at radius 1 is 0.781 bits per heavy atom. The molecule has 3 saturated heterocycles. The average Bonchev–Trinajstić information content (AvgIpc) is 3.69. The third kappa shape index (κ3) is 8.74. The van der Waals surface area contributed by atoms with Crippen LogP contribution in [0.3, 0.4) is 0 Å². The second-order valence-corrected chi connectivity index (χ2v) is 21.7. The first-order valence-corrected chi connectivity index (χ1v) is 24.7. The molecule has 0 spiro atoms. The van der Waals surface area contributed by atoms with Crippen molar-refractivity contribution in [3.63, 3.8) is 0 Å². The highest BCUT2D eigenvalue weighted by Crippen LogP contribution is 2.70. The van der Waals surface area contributed by atoms with Crippen molar-refractivity contribution in [1.82, 2.24) is 4.90 Å². The van der Waals surface area contributed by atoms with Crippen LogP contribution < -0.4 is 0 Å². The van der Waals surface area contributed by atoms with Gasteiger partial charge in [0.1, 0.15) is 31.0 Å². The van der Waals surface area contributed by atoms with Crippen LogP contribution in [0.5, 0.6) is 0 Å². The molecule has 64 heavy (non-hydrogen) atoms. The lowest BCUT2D eigenvalue weighted by Crippen LogP contribution is -2.67. The number of hydrogen-bond acceptors (Lipinski definition) is 15. The van der Waals surface area contributed by atoms with E-state index in [0.29, 0.717) is 31.2 Å². The highest BCUT2D eigenvalue weighted by Gasteiger charge is 2.72. The Morgan fingerprint density at radius 2 is 1.50 bits per heavy atom. The van der Waals surface area contributed by atoms with Gasteiger partial charge in [0.25, 0.3) is 0 Å². The quantitative estimate of drug-likeness (QED) is 0.160. The van der Waals surface area contributed by atoms with Gasteiger partial charge < -0.3 is 52.8 Å². The first kappa shape index (κ1) is 46.9. The van der Waals surface area contributed by atoms with E-state index >= 15 is 0 Å². The number of fused-ring (bicyclic) bond motifs is 5. The molecule has 2 N–H and O–H groups in total. The highest BCUT2D eigenvalue weighted by atomic mass is 16.7. The molecule has 0 aromatic rings. The summed E-state index contributed by atoms with van der Waals surface area (Å²) in [5.74, 6) is -0.691. The summed E-state index contributed by atoms with van der Waals surface area (Å²) in [5.41, 5.74) is -0.979. The molecule has 4 aliphatic heterocycles. The van der Waals surface area contributed by atoms with Gasteiger partial charge in [0.05, 0.1) is 36.1 Å². The molecule has 4 heterocycles. The van der Waals surface area contributed by atoms with Crippen molar-refractivity contribution in [1.29, 1.82) is 0 Å². The Kier molecular flexibility index (Phi) is 13.5. The molecule has 9 rings (SSSR count). The summed E-state index contributed by atoms with van der Waals surface area (Å²) in [5, 5.41) is 24.5. The maximum absolute atomic E-state index is 12.9. The van der Waals surface area contributed by atoms with Gasteiger partial charge in [-0.25, -0.2) is 4.79 Å². The highest BCUT2D eigenvalue weighted by molar-refractivity contribution is 5.85. The summed E-state index contributed by atoms with van der Waals surface area (Å²) in [4.78, 5) is 39.7. The second-order valence-electron chi connectivity index (χ2n) is 21.7. The number of carbonyl (C=O) groups excluding carboxylic acids is 3. The maximum atomic E-state index is 12.9. The SMILES string of the molecule is CC(=O)O[C@H]1C[C@H](O[C@@H]2[C@H](C)O[C@@H](O[C@H]3CC[C@@]4(C)C(CCC5C4C[C@H](OC(C)=O)[C@]4(C)[C@@H](C6=CC(=O)OC6)CC[C@]54O)C3)C[C@@H]2O)O[C@@H](C)[C@H]1OC1CCN(C2CCC2)CC(C)O1. The molecule has 0 aromatic heterocycles. The van der Waals surface area contributed by atoms with Crippen molar-refractivity contribution >= 4 is 17.9 Å². The predicted octanol–water partition coefficient (Wildman–Crippen LogP) is 5.49. The van der Waals surface area contributed by atoms with Gasteiger partial charge in [-0.3, -0.25) is 14.5 Å². The topological polar surface area (TPSA) is 178 Å². The summed E-state index contributed by atoms with van der Waals surface area (Å²) in [6.07, 6.45) is 6.74. The number of aliphatic hydroxyl groups excluding tert-OH is 1. The Balaban J connectivity index is 0.798. The van der Waals surface area contributed by atoms with Crippen molar-refractivity contribution in [2.45, 2.75) is 224 Å². The first-order valence-electron chi connectivity index (χ1n) is 24.7. The summed E-state index contributed by atoms with van der Waals surface area (Å²) in [6.45, 7) is 15.1. The fourth-order valence-corrected chi connectivity index (χ4v) is 14.5. The van der Waals surface area contributed by atoms with E-state index in [4.69, 9.17) is 42.6 Å². The van der Waals surface area contributed by atoms with E-state index in [-0.39, 0.29) is 66.8 Å². The van der Waals surface area contributed by atoms with Crippen molar-refractivity contribution < 1.29 is 67.2 Å². The maximum Gasteiger partial charge on any atom is 0.331 e. The standard InChI is InChI=1S/C49H75NO14/c1-26-24-50(33-9-8-10-33)18-15-42(57-26)63-46-28(3)59-44(23-39(46)60-29(4)51)64-45-27(2)58-43(22-38(45)53)62-34-13-16-47(6)32(20-34)11-12-36-37(47)21-40(61-30(5)52)48(7)35(14-17-49(36,48)55)31-19-41(54)56-25-31/h19,26-28,32-40,42-46,53,55H,8-18,20-25H2,1-7H3/t26?,27-,28-,32?,34-,35+,36?,37?,38-,39-,40-,42?,43-,44-,45+,46+,47-,48-,49-/m0/s1. The summed E-state index contributed by atoms with van der Waals surface area (Å²) in [6, 6.07) is 0.620. The zero-order valence-corrected chi connectivity index (χ0v) is 39.2. The molecule has 15 nitrogen and oxygen atoms in total. The zero-order chi connectivity index (χ0) is 45.3. The Morgan fingerprint density at radius 3 is 2.17 bits per heavy atom. The number of hydrogen-bond donors (Lipinski definition) is 2. The number of carbonyl (C=O) groups is 3. The molecule has 5 aliphatic carbocycles. The minimum Gasteiger partial charge on any atom is -0.462 e. The third-order valence-corrected chi connectivity index (χ3v) is 18.0. The largest absolute Gasteiger partial charge is 0.462 e. The van der Waals surface area contributed by atoms with Crippen molar-refractivity contribution in [2.75, 3.05) is 19.7 Å². The van der Waals surface area contributed by atoms with Crippen molar-refractivity contribution in [3.05, 3.63) is 11.6 Å². The van der Waals surface area contributed by atoms with Crippen LogP contribution in [0.1, 0.15) is 138 Å². The van der Waals surface area contributed by atoms with Gasteiger partial charge in [-0.1, -0.05) is 20.3 Å². The van der Waals surface area contributed by atoms with Gasteiger partial charge in [0.2, 0.25) is 0 Å². The summed E-state index contributed by atoms with van der Waals surface area (Å²) >= 11 is 0. The fraction of sp³-hybridized carbons (Fsp3) is 0.898. The van der Waals surface area contributed by atoms with Crippen LogP contribution in [0, 0.1) is 34.5 Å². The predicted molar refractivity (Wildman–Crippen MR) is 229 cm³/mol. The van der Waals surface area contributed by atoms with E-state index in [9.17, 15) is 24.6 Å². The van der Waals surface area contributed by atoms with Gasteiger partial charge in [0.15, 0.2) is 18.9 Å². The normalized spacial score (nSPS) is 48.7. The molecule has 360 valence electrons. The van der Waals surface area contributed by atoms with E-state index in [0.717, 1.165) is 57.2 Å². The molecule has 19 atom stereocenters. The molecule has 15 heteroatoms. The molecular weight excluding hydrogens is 827 g/mol. The molecule has 9 aliphatic rings. The van der Waals surface area contributed by atoms with Gasteiger partial charge in [0, 0.05) is 63.7 Å².